The predicted molar refractivity (Wildman–Crippen MR) is 184 cm³/mol. The zero-order valence-electron chi connectivity index (χ0n) is 24.3. The fourth-order valence-electron chi connectivity index (χ4n) is 6.46. The maximum Gasteiger partial charge on any atom is 0.227 e. The molecule has 45 heavy (non-hydrogen) atoms. The van der Waals surface area contributed by atoms with Crippen LogP contribution < -0.4 is 10.2 Å². The molecule has 0 spiro atoms. The number of fused-ring (bicyclic) bond motifs is 6. The van der Waals surface area contributed by atoms with Crippen molar-refractivity contribution >= 4 is 62.1 Å². The Bertz CT molecular complexity index is 2370. The summed E-state index contributed by atoms with van der Waals surface area (Å²) in [7, 11) is 0. The van der Waals surface area contributed by atoms with Crippen molar-refractivity contribution < 1.29 is 8.83 Å². The summed E-state index contributed by atoms with van der Waals surface area (Å²) >= 11 is 0. The number of aromatic nitrogens is 1. The number of anilines is 4. The smallest absolute Gasteiger partial charge is 0.227 e. The predicted octanol–water partition coefficient (Wildman–Crippen LogP) is 11.0. The SMILES string of the molecule is C1=Cc2c(oc3c(-c4ccc(N(c5ccccc5)c5ccc(-c6cccc7c6oc6ncccc67)cc5)cc4)cccc23)NC1. The van der Waals surface area contributed by atoms with Crippen LogP contribution >= 0.6 is 0 Å². The molecular weight excluding hydrogens is 554 g/mol. The molecule has 1 aliphatic heterocycles. The first-order valence-corrected chi connectivity index (χ1v) is 15.1. The van der Waals surface area contributed by atoms with Crippen molar-refractivity contribution in [2.75, 3.05) is 16.8 Å². The molecule has 5 nitrogen and oxygen atoms in total. The van der Waals surface area contributed by atoms with Crippen LogP contribution in [0, 0.1) is 0 Å². The first-order valence-electron chi connectivity index (χ1n) is 15.1. The van der Waals surface area contributed by atoms with Crippen LogP contribution in [0.4, 0.5) is 22.9 Å². The molecule has 9 rings (SSSR count). The van der Waals surface area contributed by atoms with Crippen LogP contribution in [0.1, 0.15) is 5.56 Å². The highest BCUT2D eigenvalue weighted by atomic mass is 16.4. The lowest BCUT2D eigenvalue weighted by Crippen LogP contribution is -2.09. The van der Waals surface area contributed by atoms with Crippen molar-refractivity contribution in [3.8, 4) is 22.3 Å². The summed E-state index contributed by atoms with van der Waals surface area (Å²) in [5.74, 6) is 0.837. The van der Waals surface area contributed by atoms with Crippen LogP contribution in [0.15, 0.2) is 149 Å². The number of hydrogen-bond acceptors (Lipinski definition) is 5. The summed E-state index contributed by atoms with van der Waals surface area (Å²) < 4.78 is 12.5. The topological polar surface area (TPSA) is 54.4 Å². The molecule has 5 heteroatoms. The lowest BCUT2D eigenvalue weighted by Gasteiger charge is -2.26. The highest BCUT2D eigenvalue weighted by Gasteiger charge is 2.19. The van der Waals surface area contributed by atoms with Gasteiger partial charge in [0.25, 0.3) is 0 Å². The molecule has 8 aromatic rings. The Balaban J connectivity index is 1.10. The number of nitrogens with one attached hydrogen (secondary N) is 1. The van der Waals surface area contributed by atoms with Crippen molar-refractivity contribution in [3.05, 3.63) is 145 Å². The first-order chi connectivity index (χ1) is 22.3. The number of benzene rings is 5. The zero-order valence-corrected chi connectivity index (χ0v) is 24.3. The van der Waals surface area contributed by atoms with Crippen molar-refractivity contribution in [2.45, 2.75) is 0 Å². The van der Waals surface area contributed by atoms with E-state index in [0.29, 0.717) is 5.71 Å². The average molecular weight is 582 g/mol. The van der Waals surface area contributed by atoms with E-state index in [1.807, 2.05) is 12.1 Å². The molecule has 3 aromatic heterocycles. The van der Waals surface area contributed by atoms with Gasteiger partial charge in [0.15, 0.2) is 0 Å². The lowest BCUT2D eigenvalue weighted by atomic mass is 10.0. The molecule has 1 N–H and O–H groups in total. The fourth-order valence-corrected chi connectivity index (χ4v) is 6.46. The van der Waals surface area contributed by atoms with E-state index in [-0.39, 0.29) is 0 Å². The van der Waals surface area contributed by atoms with Gasteiger partial charge in [0.05, 0.1) is 0 Å². The molecular formula is C40H27N3O2. The minimum Gasteiger partial charge on any atom is -0.439 e. The number of hydrogen-bond donors (Lipinski definition) is 1. The van der Waals surface area contributed by atoms with E-state index >= 15 is 0 Å². The normalized spacial score (nSPS) is 12.4. The van der Waals surface area contributed by atoms with Crippen molar-refractivity contribution in [3.63, 3.8) is 0 Å². The molecule has 0 amide bonds. The number of nitrogens with zero attached hydrogens (tertiary/aromatic N) is 2. The Hall–Kier alpha value is -6.07. The molecule has 0 radical (unpaired) electrons. The Kier molecular flexibility index (Phi) is 5.81. The van der Waals surface area contributed by atoms with E-state index in [0.717, 1.165) is 84.6 Å². The van der Waals surface area contributed by atoms with Crippen molar-refractivity contribution in [1.82, 2.24) is 4.98 Å². The second-order valence-corrected chi connectivity index (χ2v) is 11.2. The Morgan fingerprint density at radius 3 is 1.89 bits per heavy atom. The number of furan rings is 2. The van der Waals surface area contributed by atoms with E-state index < -0.39 is 0 Å². The minimum absolute atomic E-state index is 0.659. The van der Waals surface area contributed by atoms with E-state index in [9.17, 15) is 0 Å². The van der Waals surface area contributed by atoms with Gasteiger partial charge in [-0.15, -0.1) is 0 Å². The highest BCUT2D eigenvalue weighted by Crippen LogP contribution is 2.41. The van der Waals surface area contributed by atoms with E-state index in [1.165, 1.54) is 0 Å². The van der Waals surface area contributed by atoms with Crippen LogP contribution in [-0.4, -0.2) is 11.5 Å². The molecule has 1 aliphatic rings. The van der Waals surface area contributed by atoms with Crippen LogP contribution in [0.2, 0.25) is 0 Å². The summed E-state index contributed by atoms with van der Waals surface area (Å²) in [6.45, 7) is 0.778. The van der Waals surface area contributed by atoms with Crippen LogP contribution in [-0.2, 0) is 0 Å². The van der Waals surface area contributed by atoms with Crippen molar-refractivity contribution in [1.29, 1.82) is 0 Å². The average Bonchev–Trinajstić information content (AvgIpc) is 3.68. The van der Waals surface area contributed by atoms with Crippen molar-refractivity contribution in [2.24, 2.45) is 0 Å². The molecule has 0 fully saturated rings. The van der Waals surface area contributed by atoms with Crippen LogP contribution in [0.25, 0.3) is 61.4 Å². The lowest BCUT2D eigenvalue weighted by molar-refractivity contribution is 0.629. The number of pyridine rings is 1. The summed E-state index contributed by atoms with van der Waals surface area (Å²) in [6, 6.07) is 44.5. The molecule has 0 aliphatic carbocycles. The summed E-state index contributed by atoms with van der Waals surface area (Å²) in [4.78, 5) is 6.71. The zero-order chi connectivity index (χ0) is 29.7. The molecule has 4 heterocycles. The Labute approximate surface area is 259 Å². The third-order valence-electron chi connectivity index (χ3n) is 8.58. The Morgan fingerprint density at radius 2 is 1.18 bits per heavy atom. The second-order valence-electron chi connectivity index (χ2n) is 11.2. The largest absolute Gasteiger partial charge is 0.439 e. The van der Waals surface area contributed by atoms with Gasteiger partial charge >= 0.3 is 0 Å². The van der Waals surface area contributed by atoms with E-state index in [2.05, 4.69) is 143 Å². The fraction of sp³-hybridized carbons (Fsp3) is 0.0250. The third-order valence-corrected chi connectivity index (χ3v) is 8.58. The number of rotatable bonds is 5. The second kappa shape index (κ2) is 10.3. The van der Waals surface area contributed by atoms with Crippen LogP contribution in [0.5, 0.6) is 0 Å². The molecule has 0 unspecified atom stereocenters. The highest BCUT2D eigenvalue weighted by molar-refractivity contribution is 6.08. The van der Waals surface area contributed by atoms with Gasteiger partial charge in [-0.1, -0.05) is 91.0 Å². The van der Waals surface area contributed by atoms with Gasteiger partial charge in [0.2, 0.25) is 11.6 Å². The Morgan fingerprint density at radius 1 is 0.556 bits per heavy atom. The van der Waals surface area contributed by atoms with Gasteiger partial charge in [-0.3, -0.25) is 0 Å². The molecule has 0 saturated heterocycles. The monoisotopic (exact) mass is 581 g/mol. The first kappa shape index (κ1) is 25.4. The standard InChI is InChI=1S/C40H27N3O2/c1-2-8-28(9-3-1)43(29-20-16-26(17-21-29)31-10-4-12-33-35-14-6-24-41-39(35)44-37(31)33)30-22-18-27(19-23-30)32-11-5-13-34-36-15-7-25-42-40(36)45-38(32)34/h1-24,42H,25H2. The van der Waals surface area contributed by atoms with Gasteiger partial charge in [-0.2, -0.15) is 0 Å². The summed E-state index contributed by atoms with van der Waals surface area (Å²) in [5.41, 5.74) is 11.1. The number of para-hydroxylation sites is 3. The molecule has 0 saturated carbocycles. The van der Waals surface area contributed by atoms with E-state index in [1.54, 1.807) is 6.20 Å². The molecule has 0 bridgehead atoms. The maximum absolute atomic E-state index is 6.30. The molecule has 214 valence electrons. The summed E-state index contributed by atoms with van der Waals surface area (Å²) in [5, 5.41) is 6.57. The molecule has 0 atom stereocenters. The van der Waals surface area contributed by atoms with Gasteiger partial charge < -0.3 is 19.1 Å². The van der Waals surface area contributed by atoms with Gasteiger partial charge in [0.1, 0.15) is 11.2 Å². The third kappa shape index (κ3) is 4.20. The van der Waals surface area contributed by atoms with Gasteiger partial charge in [-0.25, -0.2) is 4.98 Å². The quantitative estimate of drug-likeness (QED) is 0.219. The van der Waals surface area contributed by atoms with Gasteiger partial charge in [-0.05, 0) is 59.7 Å². The summed E-state index contributed by atoms with van der Waals surface area (Å²) in [6.07, 6.45) is 6.03. The van der Waals surface area contributed by atoms with Crippen LogP contribution in [0.3, 0.4) is 0 Å². The van der Waals surface area contributed by atoms with Gasteiger partial charge in [0, 0.05) is 62.7 Å². The van der Waals surface area contributed by atoms with E-state index in [4.69, 9.17) is 8.83 Å². The maximum atomic E-state index is 6.30. The molecule has 5 aromatic carbocycles. The minimum atomic E-state index is 0.659.